The van der Waals surface area contributed by atoms with Crippen LogP contribution in [0.2, 0.25) is 19.6 Å². The monoisotopic (exact) mass is 220 g/mol. The number of halogens is 1. The molecule has 2 aliphatic rings. The van der Waals surface area contributed by atoms with Crippen molar-refractivity contribution in [2.24, 2.45) is 0 Å². The van der Waals surface area contributed by atoms with Gasteiger partial charge in [0.25, 0.3) is 0 Å². The summed E-state index contributed by atoms with van der Waals surface area (Å²) in [6.07, 6.45) is 3.22. The van der Waals surface area contributed by atoms with Gasteiger partial charge in [0, 0.05) is 12.3 Å². The Balaban J connectivity index is 1.81. The average Bonchev–Trinajstić information content (AvgIpc) is 2.71. The summed E-state index contributed by atoms with van der Waals surface area (Å²) in [6.45, 7) is 6.88. The van der Waals surface area contributed by atoms with Gasteiger partial charge in [0.05, 0.1) is 0 Å². The predicted octanol–water partition coefficient (Wildman–Crippen LogP) is 2.73. The Morgan fingerprint density at radius 3 is 2.15 bits per heavy atom. The first-order valence-electron chi connectivity index (χ1n) is 4.94. The quantitative estimate of drug-likeness (QED) is 0.308. The molecular weight excluding hydrogens is 204 g/mol. The van der Waals surface area contributed by atoms with E-state index in [1.54, 1.807) is 0 Å². The minimum absolute atomic E-state index is 0.105. The van der Waals surface area contributed by atoms with Gasteiger partial charge in [0.15, 0.2) is 0 Å². The van der Waals surface area contributed by atoms with E-state index < -0.39 is 8.07 Å². The molecule has 0 amide bonds. The molecular formula is C9H17ClO2Si. The lowest BCUT2D eigenvalue weighted by molar-refractivity contribution is -0.0732. The molecule has 13 heavy (non-hydrogen) atoms. The molecule has 0 unspecified atom stereocenters. The van der Waals surface area contributed by atoms with Crippen molar-refractivity contribution in [3.05, 3.63) is 0 Å². The summed E-state index contributed by atoms with van der Waals surface area (Å²) in [5, 5.41) is 0. The van der Waals surface area contributed by atoms with Gasteiger partial charge in [0.2, 0.25) is 11.2 Å². The number of rotatable bonds is 5. The third-order valence-corrected chi connectivity index (χ3v) is 5.74. The highest BCUT2D eigenvalue weighted by molar-refractivity contribution is 6.80. The number of alkyl halides is 1. The topological polar surface area (TPSA) is 25.1 Å². The fourth-order valence-electron chi connectivity index (χ4n) is 2.02. The fraction of sp³-hybridized carbons (Fsp3) is 1.00. The van der Waals surface area contributed by atoms with Gasteiger partial charge >= 0.3 is 0 Å². The summed E-state index contributed by atoms with van der Waals surface area (Å²) in [6, 6.07) is 0. The van der Waals surface area contributed by atoms with E-state index >= 15 is 0 Å². The molecule has 0 aliphatic carbocycles. The first-order valence-corrected chi connectivity index (χ1v) is 8.97. The van der Waals surface area contributed by atoms with E-state index in [9.17, 15) is 0 Å². The number of unbranched alkanes of at least 4 members (excludes halogenated alkanes) is 1. The highest BCUT2D eigenvalue weighted by Gasteiger charge is 2.93. The van der Waals surface area contributed by atoms with Gasteiger partial charge in [-0.2, -0.15) is 0 Å². The lowest BCUT2D eigenvalue weighted by atomic mass is 10.2. The van der Waals surface area contributed by atoms with Gasteiger partial charge < -0.3 is 9.47 Å². The van der Waals surface area contributed by atoms with Crippen LogP contribution in [0.1, 0.15) is 19.3 Å². The lowest BCUT2D eigenvalue weighted by Gasteiger charge is -2.13. The summed E-state index contributed by atoms with van der Waals surface area (Å²) >= 11 is 5.62. The molecule has 0 spiro atoms. The maximum absolute atomic E-state index is 5.69. The maximum atomic E-state index is 5.69. The van der Waals surface area contributed by atoms with Crippen LogP contribution in [-0.4, -0.2) is 25.2 Å². The molecule has 0 aromatic carbocycles. The summed E-state index contributed by atoms with van der Waals surface area (Å²) in [5.74, 6) is 0.597. The molecule has 0 aromatic rings. The van der Waals surface area contributed by atoms with E-state index in [1.165, 1.54) is 0 Å². The van der Waals surface area contributed by atoms with Gasteiger partial charge in [-0.1, -0.05) is 19.6 Å². The number of ether oxygens (including phenoxy) is 2. The predicted molar refractivity (Wildman–Crippen MR) is 55.5 cm³/mol. The molecule has 76 valence electrons. The summed E-state index contributed by atoms with van der Waals surface area (Å²) in [5.41, 5.74) is -0.105. The summed E-state index contributed by atoms with van der Waals surface area (Å²) in [4.78, 5) is 0. The fourth-order valence-corrected chi connectivity index (χ4v) is 4.42. The molecule has 4 heteroatoms. The Morgan fingerprint density at radius 2 is 1.77 bits per heavy atom. The molecule has 0 aromatic heterocycles. The van der Waals surface area contributed by atoms with Crippen LogP contribution >= 0.6 is 11.6 Å². The average molecular weight is 221 g/mol. The van der Waals surface area contributed by atoms with Crippen LogP contribution in [0.5, 0.6) is 0 Å². The molecule has 0 bridgehead atoms. The smallest absolute Gasteiger partial charge is 0.224 e. The normalized spacial score (nSPS) is 41.5. The van der Waals surface area contributed by atoms with E-state index in [0.29, 0.717) is 0 Å². The van der Waals surface area contributed by atoms with Gasteiger partial charge in [0.1, 0.15) is 8.07 Å². The molecule has 0 N–H and O–H groups in total. The highest BCUT2D eigenvalue weighted by atomic mass is 35.5. The van der Waals surface area contributed by atoms with Crippen molar-refractivity contribution in [3.63, 3.8) is 0 Å². The van der Waals surface area contributed by atoms with E-state index in [4.69, 9.17) is 21.1 Å². The first-order chi connectivity index (χ1) is 5.97. The molecule has 0 atom stereocenters. The Kier molecular flexibility index (Phi) is 2.08. The second-order valence-corrected chi connectivity index (χ2v) is 10.5. The zero-order valence-corrected chi connectivity index (χ0v) is 10.3. The summed E-state index contributed by atoms with van der Waals surface area (Å²) in [7, 11) is -1.28. The van der Waals surface area contributed by atoms with Gasteiger partial charge in [-0.25, -0.2) is 0 Å². The van der Waals surface area contributed by atoms with Crippen LogP contribution in [-0.2, 0) is 9.47 Å². The zero-order valence-electron chi connectivity index (χ0n) is 8.52. The Bertz CT molecular complexity index is 218. The lowest BCUT2D eigenvalue weighted by Crippen LogP contribution is -2.35. The van der Waals surface area contributed by atoms with E-state index in [2.05, 4.69) is 19.6 Å². The third kappa shape index (κ3) is 1.28. The van der Waals surface area contributed by atoms with E-state index in [0.717, 1.165) is 25.1 Å². The first kappa shape index (κ1) is 9.96. The van der Waals surface area contributed by atoms with Gasteiger partial charge in [-0.05, 0) is 12.8 Å². The second kappa shape index (κ2) is 2.72. The second-order valence-electron chi connectivity index (χ2n) is 4.97. The largest absolute Gasteiger partial charge is 0.311 e. The highest BCUT2D eigenvalue weighted by Crippen LogP contribution is 2.73. The number of hydrogen-bond acceptors (Lipinski definition) is 2. The van der Waals surface area contributed by atoms with Crippen LogP contribution in [0.15, 0.2) is 0 Å². The van der Waals surface area contributed by atoms with E-state index in [1.807, 2.05) is 0 Å². The van der Waals surface area contributed by atoms with Crippen LogP contribution in [0.25, 0.3) is 0 Å². The molecule has 0 saturated carbocycles. The minimum atomic E-state index is -1.28. The maximum Gasteiger partial charge on any atom is 0.224 e. The van der Waals surface area contributed by atoms with Crippen molar-refractivity contribution in [1.29, 1.82) is 0 Å². The third-order valence-electron chi connectivity index (χ3n) is 2.91. The van der Waals surface area contributed by atoms with Crippen LogP contribution in [0.3, 0.4) is 0 Å². The standard InChI is InChI=1S/C9H17ClO2Si/c1-13(2,3)9-8(11-9,12-9)6-4-5-7-10/h4-7H2,1-3H3. The molecule has 2 saturated heterocycles. The SMILES string of the molecule is C[Si](C)(C)C12OC1(CCCCCl)O2. The molecule has 2 heterocycles. The zero-order chi connectivity index (χ0) is 9.74. The van der Waals surface area contributed by atoms with Crippen molar-refractivity contribution in [2.45, 2.75) is 50.1 Å². The van der Waals surface area contributed by atoms with Crippen molar-refractivity contribution >= 4 is 19.7 Å². The molecule has 2 fully saturated rings. The van der Waals surface area contributed by atoms with Crippen molar-refractivity contribution in [3.8, 4) is 0 Å². The number of fused-ring (bicyclic) bond motifs is 1. The number of hydrogen-bond donors (Lipinski definition) is 0. The summed E-state index contributed by atoms with van der Waals surface area (Å²) < 4.78 is 11.4. The van der Waals surface area contributed by atoms with Crippen LogP contribution < -0.4 is 0 Å². The van der Waals surface area contributed by atoms with Crippen molar-refractivity contribution in [1.82, 2.24) is 0 Å². The molecule has 2 rings (SSSR count). The Morgan fingerprint density at radius 1 is 1.15 bits per heavy atom. The molecule has 2 aliphatic heterocycles. The van der Waals surface area contributed by atoms with Crippen molar-refractivity contribution in [2.75, 3.05) is 5.88 Å². The van der Waals surface area contributed by atoms with Crippen LogP contribution in [0.4, 0.5) is 0 Å². The van der Waals surface area contributed by atoms with Crippen molar-refractivity contribution < 1.29 is 9.47 Å². The van der Waals surface area contributed by atoms with Gasteiger partial charge in [-0.3, -0.25) is 0 Å². The molecule has 2 nitrogen and oxygen atoms in total. The Labute approximate surface area is 85.6 Å². The van der Waals surface area contributed by atoms with E-state index in [-0.39, 0.29) is 11.2 Å². The Hall–Kier alpha value is 0.427. The van der Waals surface area contributed by atoms with Crippen LogP contribution in [0, 0.1) is 0 Å². The van der Waals surface area contributed by atoms with Gasteiger partial charge in [-0.15, -0.1) is 11.6 Å². The number of epoxide rings is 2. The minimum Gasteiger partial charge on any atom is -0.311 e. The molecule has 0 radical (unpaired) electrons.